The molecule has 2 fully saturated rings. The summed E-state index contributed by atoms with van der Waals surface area (Å²) in [5.74, 6) is 3.21. The number of nitrogens with two attached hydrogens (primary N) is 1. The Hall–Kier alpha value is -0.440. The quantitative estimate of drug-likeness (QED) is 0.901. The summed E-state index contributed by atoms with van der Waals surface area (Å²) in [7, 11) is 0. The van der Waals surface area contributed by atoms with Gasteiger partial charge in [-0.25, -0.2) is 0 Å². The minimum atomic E-state index is 0.395. The molecule has 19 heavy (non-hydrogen) atoms. The van der Waals surface area contributed by atoms with Crippen LogP contribution >= 0.6 is 23.2 Å². The first-order valence-electron chi connectivity index (χ1n) is 6.98. The van der Waals surface area contributed by atoms with Crippen molar-refractivity contribution < 1.29 is 4.74 Å². The summed E-state index contributed by atoms with van der Waals surface area (Å²) in [5, 5.41) is 1.17. The van der Waals surface area contributed by atoms with E-state index in [9.17, 15) is 0 Å². The number of hydrogen-bond donors (Lipinski definition) is 1. The summed E-state index contributed by atoms with van der Waals surface area (Å²) in [6, 6.07) is 3.56. The van der Waals surface area contributed by atoms with E-state index in [4.69, 9.17) is 33.7 Å². The SMILES string of the molecule is NCc1cc(Cl)cc(Cl)c1OCC1CC2CCC1C2. The van der Waals surface area contributed by atoms with Gasteiger partial charge in [0.25, 0.3) is 0 Å². The van der Waals surface area contributed by atoms with Gasteiger partial charge in [-0.1, -0.05) is 29.6 Å². The van der Waals surface area contributed by atoms with E-state index >= 15 is 0 Å². The highest BCUT2D eigenvalue weighted by atomic mass is 35.5. The molecule has 2 nitrogen and oxygen atoms in total. The summed E-state index contributed by atoms with van der Waals surface area (Å²) < 4.78 is 5.98. The summed E-state index contributed by atoms with van der Waals surface area (Å²) in [6.07, 6.45) is 5.49. The zero-order chi connectivity index (χ0) is 13.4. The molecule has 1 aromatic carbocycles. The van der Waals surface area contributed by atoms with Gasteiger partial charge in [0.1, 0.15) is 5.75 Å². The van der Waals surface area contributed by atoms with Crippen LogP contribution in [0.1, 0.15) is 31.2 Å². The Balaban J connectivity index is 1.69. The predicted octanol–water partition coefficient (Wildman–Crippen LogP) is 4.27. The maximum atomic E-state index is 6.21. The maximum Gasteiger partial charge on any atom is 0.142 e. The molecule has 2 aliphatic rings. The smallest absolute Gasteiger partial charge is 0.142 e. The van der Waals surface area contributed by atoms with Gasteiger partial charge in [-0.15, -0.1) is 0 Å². The average molecular weight is 300 g/mol. The molecule has 1 aromatic rings. The molecule has 0 aliphatic heterocycles. The maximum absolute atomic E-state index is 6.21. The van der Waals surface area contributed by atoms with Crippen molar-refractivity contribution in [2.75, 3.05) is 6.61 Å². The number of fused-ring (bicyclic) bond motifs is 2. The highest BCUT2D eigenvalue weighted by molar-refractivity contribution is 6.35. The monoisotopic (exact) mass is 299 g/mol. The van der Waals surface area contributed by atoms with E-state index in [2.05, 4.69) is 0 Å². The van der Waals surface area contributed by atoms with Crippen molar-refractivity contribution in [2.24, 2.45) is 23.5 Å². The summed E-state index contributed by atoms with van der Waals surface area (Å²) >= 11 is 12.2. The van der Waals surface area contributed by atoms with Crippen molar-refractivity contribution in [3.05, 3.63) is 27.7 Å². The van der Waals surface area contributed by atoms with Gasteiger partial charge in [0.05, 0.1) is 11.6 Å². The number of halogens is 2. The Morgan fingerprint density at radius 1 is 1.21 bits per heavy atom. The number of rotatable bonds is 4. The van der Waals surface area contributed by atoms with Crippen LogP contribution < -0.4 is 10.5 Å². The van der Waals surface area contributed by atoms with Crippen molar-refractivity contribution in [3.8, 4) is 5.75 Å². The third-order valence-electron chi connectivity index (χ3n) is 4.63. The number of hydrogen-bond acceptors (Lipinski definition) is 2. The van der Waals surface area contributed by atoms with Crippen LogP contribution in [0.4, 0.5) is 0 Å². The fourth-order valence-corrected chi connectivity index (χ4v) is 4.29. The van der Waals surface area contributed by atoms with Crippen molar-refractivity contribution in [2.45, 2.75) is 32.2 Å². The molecule has 0 amide bonds. The summed E-state index contributed by atoms with van der Waals surface area (Å²) in [6.45, 7) is 1.15. The summed E-state index contributed by atoms with van der Waals surface area (Å²) in [4.78, 5) is 0. The van der Waals surface area contributed by atoms with Crippen molar-refractivity contribution in [3.63, 3.8) is 0 Å². The van der Waals surface area contributed by atoms with Crippen LogP contribution in [-0.4, -0.2) is 6.61 Å². The van der Waals surface area contributed by atoms with Gasteiger partial charge < -0.3 is 10.5 Å². The van der Waals surface area contributed by atoms with Crippen LogP contribution in [0, 0.1) is 17.8 Å². The largest absolute Gasteiger partial charge is 0.491 e. The van der Waals surface area contributed by atoms with Crippen LogP contribution in [0.3, 0.4) is 0 Å². The average Bonchev–Trinajstić information content (AvgIpc) is 2.99. The predicted molar refractivity (Wildman–Crippen MR) is 78.8 cm³/mol. The molecule has 2 saturated carbocycles. The van der Waals surface area contributed by atoms with E-state index in [1.165, 1.54) is 25.7 Å². The van der Waals surface area contributed by atoms with E-state index in [1.807, 2.05) is 6.07 Å². The van der Waals surface area contributed by atoms with E-state index < -0.39 is 0 Å². The van der Waals surface area contributed by atoms with Crippen molar-refractivity contribution in [1.82, 2.24) is 0 Å². The number of benzene rings is 1. The third kappa shape index (κ3) is 2.72. The number of ether oxygens (including phenoxy) is 1. The molecule has 3 rings (SSSR count). The van der Waals surface area contributed by atoms with Crippen LogP contribution in [0.2, 0.25) is 10.0 Å². The van der Waals surface area contributed by atoms with E-state index in [-0.39, 0.29) is 0 Å². The first-order chi connectivity index (χ1) is 9.17. The van der Waals surface area contributed by atoms with E-state index in [0.29, 0.717) is 22.5 Å². The molecule has 0 radical (unpaired) electrons. The second kappa shape index (κ2) is 5.51. The van der Waals surface area contributed by atoms with Crippen molar-refractivity contribution >= 4 is 23.2 Å². The lowest BCUT2D eigenvalue weighted by atomic mass is 9.89. The van der Waals surface area contributed by atoms with Crippen LogP contribution in [0.25, 0.3) is 0 Å². The standard InChI is InChI=1S/C15H19Cl2NO/c16-13-5-11(7-18)15(14(17)6-13)19-8-12-4-9-1-2-10(12)3-9/h5-6,9-10,12H,1-4,7-8,18H2. The lowest BCUT2D eigenvalue weighted by Crippen LogP contribution is -2.19. The molecule has 3 unspecified atom stereocenters. The molecule has 2 bridgehead atoms. The van der Waals surface area contributed by atoms with Gasteiger partial charge in [0.2, 0.25) is 0 Å². The molecular formula is C15H19Cl2NO. The topological polar surface area (TPSA) is 35.2 Å². The molecule has 0 spiro atoms. The zero-order valence-corrected chi connectivity index (χ0v) is 12.4. The van der Waals surface area contributed by atoms with Gasteiger partial charge in [-0.3, -0.25) is 0 Å². The van der Waals surface area contributed by atoms with Crippen molar-refractivity contribution in [1.29, 1.82) is 0 Å². The molecule has 3 atom stereocenters. The normalized spacial score (nSPS) is 28.9. The van der Waals surface area contributed by atoms with E-state index in [0.717, 1.165) is 29.8 Å². The first-order valence-corrected chi connectivity index (χ1v) is 7.73. The molecule has 2 N–H and O–H groups in total. The molecule has 0 aromatic heterocycles. The summed E-state index contributed by atoms with van der Waals surface area (Å²) in [5.41, 5.74) is 6.62. The molecule has 2 aliphatic carbocycles. The van der Waals surface area contributed by atoms with Gasteiger partial charge in [0.15, 0.2) is 0 Å². The van der Waals surface area contributed by atoms with E-state index in [1.54, 1.807) is 6.07 Å². The minimum Gasteiger partial charge on any atom is -0.491 e. The fraction of sp³-hybridized carbons (Fsp3) is 0.600. The molecule has 4 heteroatoms. The highest BCUT2D eigenvalue weighted by Crippen LogP contribution is 2.48. The van der Waals surface area contributed by atoms with Gasteiger partial charge >= 0.3 is 0 Å². The van der Waals surface area contributed by atoms with Crippen LogP contribution in [0.5, 0.6) is 5.75 Å². The Kier molecular flexibility index (Phi) is 3.93. The lowest BCUT2D eigenvalue weighted by molar-refractivity contribution is 0.194. The Morgan fingerprint density at radius 2 is 2.05 bits per heavy atom. The minimum absolute atomic E-state index is 0.395. The van der Waals surface area contributed by atoms with Crippen LogP contribution in [0.15, 0.2) is 12.1 Å². The molecule has 0 heterocycles. The Labute approximate surface area is 124 Å². The third-order valence-corrected chi connectivity index (χ3v) is 5.13. The van der Waals surface area contributed by atoms with Gasteiger partial charge in [-0.2, -0.15) is 0 Å². The highest BCUT2D eigenvalue weighted by Gasteiger charge is 2.39. The van der Waals surface area contributed by atoms with Gasteiger partial charge in [0, 0.05) is 17.1 Å². The molecule has 104 valence electrons. The van der Waals surface area contributed by atoms with Crippen LogP contribution in [-0.2, 0) is 6.54 Å². The molecule has 0 saturated heterocycles. The first kappa shape index (κ1) is 13.5. The Morgan fingerprint density at radius 3 is 2.68 bits per heavy atom. The lowest BCUT2D eigenvalue weighted by Gasteiger charge is -2.23. The fourth-order valence-electron chi connectivity index (χ4n) is 3.70. The zero-order valence-electron chi connectivity index (χ0n) is 10.9. The van der Waals surface area contributed by atoms with Gasteiger partial charge in [-0.05, 0) is 49.1 Å². The molecular weight excluding hydrogens is 281 g/mol. The Bertz CT molecular complexity index is 477. The second-order valence-corrected chi connectivity index (χ2v) is 6.67. The second-order valence-electron chi connectivity index (χ2n) is 5.83.